The Labute approximate surface area is 107 Å². The van der Waals surface area contributed by atoms with Crippen LogP contribution in [0.2, 0.25) is 0 Å². The van der Waals surface area contributed by atoms with Gasteiger partial charge >= 0.3 is 5.97 Å². The van der Waals surface area contributed by atoms with Crippen LogP contribution in [0.25, 0.3) is 0 Å². The highest BCUT2D eigenvalue weighted by Gasteiger charge is 2.17. The number of nitrogens with one attached hydrogen (secondary N) is 1. The van der Waals surface area contributed by atoms with E-state index in [-0.39, 0.29) is 12.3 Å². The summed E-state index contributed by atoms with van der Waals surface area (Å²) in [6.45, 7) is 3.85. The largest absolute Gasteiger partial charge is 0.481 e. The van der Waals surface area contributed by atoms with Crippen molar-refractivity contribution in [1.29, 1.82) is 0 Å². The third-order valence-corrected chi connectivity index (χ3v) is 2.64. The van der Waals surface area contributed by atoms with Crippen molar-refractivity contribution in [3.8, 4) is 0 Å². The molecule has 0 bridgehead atoms. The van der Waals surface area contributed by atoms with Gasteiger partial charge in [-0.2, -0.15) is 0 Å². The van der Waals surface area contributed by atoms with Crippen molar-refractivity contribution in [2.75, 3.05) is 0 Å². The Morgan fingerprint density at radius 1 is 1.39 bits per heavy atom. The van der Waals surface area contributed by atoms with E-state index in [1.165, 1.54) is 0 Å². The zero-order valence-electron chi connectivity index (χ0n) is 10.8. The number of hydrogen-bond donors (Lipinski definition) is 2. The molecule has 1 atom stereocenters. The molecule has 98 valence electrons. The van der Waals surface area contributed by atoms with Gasteiger partial charge in [-0.3, -0.25) is 9.59 Å². The summed E-state index contributed by atoms with van der Waals surface area (Å²) in [4.78, 5) is 22.4. The summed E-state index contributed by atoms with van der Waals surface area (Å²) in [5.41, 5.74) is 1.88. The lowest BCUT2D eigenvalue weighted by Crippen LogP contribution is -2.29. The van der Waals surface area contributed by atoms with E-state index in [9.17, 15) is 9.59 Å². The lowest BCUT2D eigenvalue weighted by Gasteiger charge is -2.17. The fraction of sp³-hybridized carbons (Fsp3) is 0.429. The van der Waals surface area contributed by atoms with Crippen molar-refractivity contribution in [3.05, 3.63) is 35.4 Å². The summed E-state index contributed by atoms with van der Waals surface area (Å²) in [6.07, 6.45) is 1.07. The Bertz CT molecular complexity index is 429. The predicted molar refractivity (Wildman–Crippen MR) is 69.2 cm³/mol. The van der Waals surface area contributed by atoms with Gasteiger partial charge in [-0.1, -0.05) is 36.8 Å². The number of benzene rings is 1. The van der Waals surface area contributed by atoms with Crippen LogP contribution in [-0.4, -0.2) is 17.0 Å². The lowest BCUT2D eigenvalue weighted by atomic mass is 10.0. The van der Waals surface area contributed by atoms with E-state index in [0.717, 1.165) is 17.5 Å². The van der Waals surface area contributed by atoms with Crippen LogP contribution in [0.1, 0.15) is 43.4 Å². The second-order valence-corrected chi connectivity index (χ2v) is 4.38. The number of aliphatic carboxylic acids is 1. The Balaban J connectivity index is 2.84. The Kier molecular flexibility index (Phi) is 5.36. The number of carbonyl (C=O) groups is 2. The molecule has 0 saturated heterocycles. The summed E-state index contributed by atoms with van der Waals surface area (Å²) >= 11 is 0. The van der Waals surface area contributed by atoms with Gasteiger partial charge in [0, 0.05) is 6.42 Å². The van der Waals surface area contributed by atoms with Gasteiger partial charge in [-0.15, -0.1) is 0 Å². The van der Waals surface area contributed by atoms with Crippen LogP contribution < -0.4 is 5.32 Å². The van der Waals surface area contributed by atoms with Gasteiger partial charge in [-0.25, -0.2) is 0 Å². The topological polar surface area (TPSA) is 66.4 Å². The molecule has 18 heavy (non-hydrogen) atoms. The highest BCUT2D eigenvalue weighted by molar-refractivity contribution is 5.77. The number of hydrogen-bond acceptors (Lipinski definition) is 2. The van der Waals surface area contributed by atoms with Crippen molar-refractivity contribution >= 4 is 11.9 Å². The quantitative estimate of drug-likeness (QED) is 0.813. The zero-order chi connectivity index (χ0) is 13.5. The third kappa shape index (κ3) is 4.57. The number of rotatable bonds is 6. The van der Waals surface area contributed by atoms with Crippen LogP contribution in [0.4, 0.5) is 0 Å². The minimum absolute atomic E-state index is 0.0983. The normalized spacial score (nSPS) is 11.9. The maximum Gasteiger partial charge on any atom is 0.305 e. The highest BCUT2D eigenvalue weighted by atomic mass is 16.4. The number of carboxylic acid groups (broad SMARTS) is 1. The van der Waals surface area contributed by atoms with Gasteiger partial charge in [0.2, 0.25) is 5.91 Å². The van der Waals surface area contributed by atoms with Crippen molar-refractivity contribution in [1.82, 2.24) is 5.32 Å². The van der Waals surface area contributed by atoms with Crippen molar-refractivity contribution in [2.24, 2.45) is 0 Å². The number of amides is 1. The predicted octanol–water partition coefficient (Wildman–Crippen LogP) is 2.43. The molecule has 0 spiro atoms. The minimum atomic E-state index is -0.918. The molecule has 0 radical (unpaired) electrons. The molecule has 0 aromatic heterocycles. The number of aryl methyl sites for hydroxylation is 1. The van der Waals surface area contributed by atoms with Crippen LogP contribution in [0.3, 0.4) is 0 Å². The fourth-order valence-corrected chi connectivity index (χ4v) is 1.81. The second-order valence-electron chi connectivity index (χ2n) is 4.38. The average Bonchev–Trinajstić information content (AvgIpc) is 2.28. The molecule has 1 amide bonds. The van der Waals surface area contributed by atoms with Gasteiger partial charge in [0.15, 0.2) is 0 Å². The molecule has 1 aromatic rings. The van der Waals surface area contributed by atoms with E-state index in [4.69, 9.17) is 5.11 Å². The second kappa shape index (κ2) is 6.79. The van der Waals surface area contributed by atoms with Gasteiger partial charge in [-0.05, 0) is 18.9 Å². The van der Waals surface area contributed by atoms with E-state index >= 15 is 0 Å². The van der Waals surface area contributed by atoms with Gasteiger partial charge < -0.3 is 10.4 Å². The number of carbonyl (C=O) groups excluding carboxylic acids is 1. The molecule has 1 unspecified atom stereocenters. The SMILES string of the molecule is CCCC(=O)NC(CC(=O)O)c1cccc(C)c1. The summed E-state index contributed by atoms with van der Waals surface area (Å²) < 4.78 is 0. The molecule has 1 aromatic carbocycles. The fourth-order valence-electron chi connectivity index (χ4n) is 1.81. The van der Waals surface area contributed by atoms with E-state index in [1.54, 1.807) is 0 Å². The first-order valence-corrected chi connectivity index (χ1v) is 6.10. The third-order valence-electron chi connectivity index (χ3n) is 2.64. The van der Waals surface area contributed by atoms with E-state index in [0.29, 0.717) is 6.42 Å². The molecule has 4 heteroatoms. The van der Waals surface area contributed by atoms with Crippen LogP contribution in [0.15, 0.2) is 24.3 Å². The van der Waals surface area contributed by atoms with E-state index < -0.39 is 12.0 Å². The van der Waals surface area contributed by atoms with Crippen molar-refractivity contribution in [3.63, 3.8) is 0 Å². The maximum absolute atomic E-state index is 11.6. The smallest absolute Gasteiger partial charge is 0.305 e. The molecule has 0 heterocycles. The summed E-state index contributed by atoms with van der Waals surface area (Å²) in [5, 5.41) is 11.7. The van der Waals surface area contributed by atoms with Crippen LogP contribution in [-0.2, 0) is 9.59 Å². The Morgan fingerprint density at radius 3 is 2.67 bits per heavy atom. The molecule has 0 aliphatic rings. The maximum atomic E-state index is 11.6. The van der Waals surface area contributed by atoms with E-state index in [2.05, 4.69) is 5.32 Å². The molecule has 0 saturated carbocycles. The first-order valence-electron chi connectivity index (χ1n) is 6.10. The van der Waals surface area contributed by atoms with Crippen LogP contribution in [0.5, 0.6) is 0 Å². The lowest BCUT2D eigenvalue weighted by molar-refractivity contribution is -0.137. The average molecular weight is 249 g/mol. The van der Waals surface area contributed by atoms with Crippen molar-refractivity contribution < 1.29 is 14.7 Å². The summed E-state index contributed by atoms with van der Waals surface area (Å²) in [5.74, 6) is -1.02. The molecule has 2 N–H and O–H groups in total. The molecular weight excluding hydrogens is 230 g/mol. The number of carboxylic acids is 1. The van der Waals surface area contributed by atoms with Gasteiger partial charge in [0.1, 0.15) is 0 Å². The van der Waals surface area contributed by atoms with E-state index in [1.807, 2.05) is 38.1 Å². The van der Waals surface area contributed by atoms with Crippen LogP contribution in [0, 0.1) is 6.92 Å². The molecule has 0 aliphatic heterocycles. The van der Waals surface area contributed by atoms with Crippen molar-refractivity contribution in [2.45, 2.75) is 39.2 Å². The van der Waals surface area contributed by atoms with Crippen LogP contribution >= 0.6 is 0 Å². The Hall–Kier alpha value is -1.84. The minimum Gasteiger partial charge on any atom is -0.481 e. The molecule has 0 aliphatic carbocycles. The highest BCUT2D eigenvalue weighted by Crippen LogP contribution is 2.18. The molecule has 4 nitrogen and oxygen atoms in total. The molecule has 0 fully saturated rings. The molecule has 1 rings (SSSR count). The zero-order valence-corrected chi connectivity index (χ0v) is 10.8. The Morgan fingerprint density at radius 2 is 2.11 bits per heavy atom. The van der Waals surface area contributed by atoms with Gasteiger partial charge in [0.05, 0.1) is 12.5 Å². The first kappa shape index (κ1) is 14.2. The molecular formula is C14H19NO3. The monoisotopic (exact) mass is 249 g/mol. The van der Waals surface area contributed by atoms with Gasteiger partial charge in [0.25, 0.3) is 0 Å². The first-order chi connectivity index (χ1) is 8.52. The summed E-state index contributed by atoms with van der Waals surface area (Å²) in [6, 6.07) is 7.09. The standard InChI is InChI=1S/C14H19NO3/c1-3-5-13(16)15-12(9-14(17)18)11-7-4-6-10(2)8-11/h4,6-8,12H,3,5,9H2,1-2H3,(H,15,16)(H,17,18). The summed E-state index contributed by atoms with van der Waals surface area (Å²) in [7, 11) is 0.